The van der Waals surface area contributed by atoms with Crippen LogP contribution >= 0.6 is 0 Å². The fourth-order valence-corrected chi connectivity index (χ4v) is 4.48. The molecule has 7 nitrogen and oxygen atoms in total. The van der Waals surface area contributed by atoms with Crippen molar-refractivity contribution >= 4 is 27.6 Å². The number of halogens is 1. The lowest BCUT2D eigenvalue weighted by Gasteiger charge is -2.15. The quantitative estimate of drug-likeness (QED) is 0.195. The standard InChI is InChI=1S/C31H30FN7/c1-6-20(17-23(7-2)33-19(3)18-39(4)5)25-15-16-27-29(34-25)30(38-37-27)31-35-26-10-8-9-24(28(26)36-31)21-11-13-22(32)14-12-21/h6-17,33H,2-3,18H2,1,4-5H3,(H,35,36)(H,37,38)/b20-6+,23-17+. The van der Waals surface area contributed by atoms with Crippen LogP contribution in [-0.4, -0.2) is 50.7 Å². The summed E-state index contributed by atoms with van der Waals surface area (Å²) >= 11 is 0. The zero-order chi connectivity index (χ0) is 27.5. The van der Waals surface area contributed by atoms with Crippen molar-refractivity contribution in [2.24, 2.45) is 0 Å². The summed E-state index contributed by atoms with van der Waals surface area (Å²) in [6, 6.07) is 16.2. The first-order valence-electron chi connectivity index (χ1n) is 12.6. The molecule has 0 spiro atoms. The van der Waals surface area contributed by atoms with Crippen molar-refractivity contribution < 1.29 is 4.39 Å². The Balaban J connectivity index is 1.52. The molecule has 0 atom stereocenters. The van der Waals surface area contributed by atoms with Crippen LogP contribution in [0.5, 0.6) is 0 Å². The molecule has 0 saturated carbocycles. The zero-order valence-corrected chi connectivity index (χ0v) is 22.2. The van der Waals surface area contributed by atoms with E-state index in [0.29, 0.717) is 23.6 Å². The van der Waals surface area contributed by atoms with Crippen LogP contribution < -0.4 is 5.32 Å². The van der Waals surface area contributed by atoms with E-state index in [0.717, 1.165) is 50.3 Å². The molecule has 2 aromatic carbocycles. The Bertz CT molecular complexity index is 1740. The van der Waals surface area contributed by atoms with Crippen molar-refractivity contribution in [3.05, 3.63) is 109 Å². The van der Waals surface area contributed by atoms with Gasteiger partial charge in [0.05, 0.1) is 22.2 Å². The first kappa shape index (κ1) is 25.8. The molecule has 3 N–H and O–H groups in total. The third-order valence-electron chi connectivity index (χ3n) is 6.27. The summed E-state index contributed by atoms with van der Waals surface area (Å²) in [5.74, 6) is 0.324. The average molecular weight is 520 g/mol. The monoisotopic (exact) mass is 519 g/mol. The van der Waals surface area contributed by atoms with E-state index >= 15 is 0 Å². The molecule has 0 radical (unpaired) electrons. The lowest BCUT2D eigenvalue weighted by atomic mass is 10.0. The number of allylic oxidation sites excluding steroid dienone is 4. The van der Waals surface area contributed by atoms with Crippen LogP contribution in [0.15, 0.2) is 97.4 Å². The van der Waals surface area contributed by atoms with E-state index in [1.807, 2.05) is 68.4 Å². The molecule has 5 rings (SSSR count). The Hall–Kier alpha value is -4.82. The van der Waals surface area contributed by atoms with Gasteiger partial charge in [0.15, 0.2) is 11.5 Å². The SMILES string of the molecule is C=C/C(=C\C(=C/C)c1ccc2[nH]nc(-c3nc4c(-c5ccc(F)cc5)cccc4[nH]3)c2n1)NC(=C)CN(C)C. The first-order chi connectivity index (χ1) is 18.9. The number of nitrogens with one attached hydrogen (secondary N) is 3. The molecular weight excluding hydrogens is 489 g/mol. The van der Waals surface area contributed by atoms with Crippen molar-refractivity contribution in [3.8, 4) is 22.6 Å². The number of hydrogen-bond acceptors (Lipinski definition) is 5. The lowest BCUT2D eigenvalue weighted by Crippen LogP contribution is -2.23. The molecule has 0 fully saturated rings. The minimum atomic E-state index is -0.275. The Morgan fingerprint density at radius 1 is 1.03 bits per heavy atom. The largest absolute Gasteiger partial charge is 0.358 e. The number of hydrogen-bond donors (Lipinski definition) is 3. The molecule has 0 amide bonds. The highest BCUT2D eigenvalue weighted by Crippen LogP contribution is 2.31. The maximum Gasteiger partial charge on any atom is 0.161 e. The molecule has 3 heterocycles. The average Bonchev–Trinajstić information content (AvgIpc) is 3.54. The second-order valence-corrected chi connectivity index (χ2v) is 9.47. The van der Waals surface area contributed by atoms with Crippen LogP contribution in [0.1, 0.15) is 12.6 Å². The lowest BCUT2D eigenvalue weighted by molar-refractivity contribution is 0.438. The molecule has 0 bridgehead atoms. The molecule has 196 valence electrons. The van der Waals surface area contributed by atoms with Gasteiger partial charge in [-0.05, 0) is 74.6 Å². The van der Waals surface area contributed by atoms with Gasteiger partial charge in [-0.3, -0.25) is 5.10 Å². The molecule has 5 aromatic rings. The maximum absolute atomic E-state index is 13.5. The number of rotatable bonds is 9. The number of H-pyrrole nitrogens is 2. The molecule has 8 heteroatoms. The Morgan fingerprint density at radius 3 is 2.54 bits per heavy atom. The summed E-state index contributed by atoms with van der Waals surface area (Å²) in [6.07, 6.45) is 5.77. The number of aromatic amines is 2. The third-order valence-corrected chi connectivity index (χ3v) is 6.27. The van der Waals surface area contributed by atoms with Crippen molar-refractivity contribution in [3.63, 3.8) is 0 Å². The predicted octanol–water partition coefficient (Wildman–Crippen LogP) is 6.45. The van der Waals surface area contributed by atoms with Gasteiger partial charge in [0.1, 0.15) is 11.3 Å². The molecule has 0 unspecified atom stereocenters. The number of aromatic nitrogens is 5. The van der Waals surface area contributed by atoms with Gasteiger partial charge in [-0.25, -0.2) is 14.4 Å². The summed E-state index contributed by atoms with van der Waals surface area (Å²) < 4.78 is 13.5. The van der Waals surface area contributed by atoms with Crippen molar-refractivity contribution in [2.75, 3.05) is 20.6 Å². The van der Waals surface area contributed by atoms with Gasteiger partial charge in [0.25, 0.3) is 0 Å². The summed E-state index contributed by atoms with van der Waals surface area (Å²) in [7, 11) is 3.99. The van der Waals surface area contributed by atoms with Crippen LogP contribution in [0.4, 0.5) is 4.39 Å². The van der Waals surface area contributed by atoms with Crippen molar-refractivity contribution in [1.29, 1.82) is 0 Å². The van der Waals surface area contributed by atoms with Crippen LogP contribution in [-0.2, 0) is 0 Å². The normalized spacial score (nSPS) is 12.4. The second kappa shape index (κ2) is 10.9. The van der Waals surface area contributed by atoms with Gasteiger partial charge < -0.3 is 15.2 Å². The predicted molar refractivity (Wildman–Crippen MR) is 157 cm³/mol. The van der Waals surface area contributed by atoms with E-state index in [1.165, 1.54) is 12.1 Å². The van der Waals surface area contributed by atoms with E-state index in [9.17, 15) is 4.39 Å². The van der Waals surface area contributed by atoms with E-state index in [1.54, 1.807) is 18.2 Å². The number of nitrogens with zero attached hydrogens (tertiary/aromatic N) is 4. The first-order valence-corrected chi connectivity index (χ1v) is 12.6. The van der Waals surface area contributed by atoms with Gasteiger partial charge in [0.2, 0.25) is 0 Å². The molecule has 39 heavy (non-hydrogen) atoms. The summed E-state index contributed by atoms with van der Waals surface area (Å²) in [6.45, 7) is 10.7. The highest BCUT2D eigenvalue weighted by Gasteiger charge is 2.17. The van der Waals surface area contributed by atoms with E-state index in [-0.39, 0.29) is 5.82 Å². The van der Waals surface area contributed by atoms with Gasteiger partial charge in [-0.1, -0.05) is 43.5 Å². The molecule has 0 aliphatic rings. The molecule has 0 saturated heterocycles. The summed E-state index contributed by atoms with van der Waals surface area (Å²) in [5, 5.41) is 10.9. The number of para-hydroxylation sites is 1. The minimum Gasteiger partial charge on any atom is -0.358 e. The fourth-order valence-electron chi connectivity index (χ4n) is 4.48. The molecule has 0 aliphatic heterocycles. The van der Waals surface area contributed by atoms with E-state index in [4.69, 9.17) is 9.97 Å². The third kappa shape index (κ3) is 5.42. The zero-order valence-electron chi connectivity index (χ0n) is 22.2. The Morgan fingerprint density at radius 2 is 1.82 bits per heavy atom. The van der Waals surface area contributed by atoms with Crippen LogP contribution in [0, 0.1) is 5.82 Å². The summed E-state index contributed by atoms with van der Waals surface area (Å²) in [5.41, 5.74) is 8.96. The Kier molecular flexibility index (Phi) is 7.21. The maximum atomic E-state index is 13.5. The highest BCUT2D eigenvalue weighted by molar-refractivity contribution is 5.96. The van der Waals surface area contributed by atoms with Gasteiger partial charge in [0, 0.05) is 23.5 Å². The van der Waals surface area contributed by atoms with Crippen LogP contribution in [0.2, 0.25) is 0 Å². The molecule has 0 aliphatic carbocycles. The number of pyridine rings is 1. The number of likely N-dealkylation sites (N-methyl/N-ethyl adjacent to an activating group) is 1. The van der Waals surface area contributed by atoms with E-state index < -0.39 is 0 Å². The van der Waals surface area contributed by atoms with Crippen molar-refractivity contribution in [2.45, 2.75) is 6.92 Å². The number of fused-ring (bicyclic) bond motifs is 2. The van der Waals surface area contributed by atoms with Crippen LogP contribution in [0.3, 0.4) is 0 Å². The van der Waals surface area contributed by atoms with Gasteiger partial charge >= 0.3 is 0 Å². The summed E-state index contributed by atoms with van der Waals surface area (Å²) in [4.78, 5) is 15.3. The van der Waals surface area contributed by atoms with Gasteiger partial charge in [-0.15, -0.1) is 0 Å². The van der Waals surface area contributed by atoms with Crippen LogP contribution in [0.25, 0.3) is 50.3 Å². The highest BCUT2D eigenvalue weighted by atomic mass is 19.1. The second-order valence-electron chi connectivity index (χ2n) is 9.47. The smallest absolute Gasteiger partial charge is 0.161 e. The van der Waals surface area contributed by atoms with E-state index in [2.05, 4.69) is 33.7 Å². The van der Waals surface area contributed by atoms with Crippen molar-refractivity contribution in [1.82, 2.24) is 35.4 Å². The topological polar surface area (TPSA) is 85.5 Å². The minimum absolute atomic E-state index is 0.275. The number of imidazole rings is 1. The molecular formula is C31H30FN7. The molecule has 3 aromatic heterocycles. The van der Waals surface area contributed by atoms with Gasteiger partial charge in [-0.2, -0.15) is 5.10 Å². The Labute approximate surface area is 226 Å². The number of benzene rings is 2. The fraction of sp³-hybridized carbons (Fsp3) is 0.129.